The Bertz CT molecular complexity index is 1300. The zero-order chi connectivity index (χ0) is 26.8. The molecular formula is C27H33Cl2N7OS2. The lowest BCUT2D eigenvalue weighted by Crippen LogP contribution is -2.50. The molecule has 2 aliphatic heterocycles. The molecule has 2 saturated heterocycles. The Morgan fingerprint density at radius 3 is 2.46 bits per heavy atom. The second kappa shape index (κ2) is 12.3. The van der Waals surface area contributed by atoms with Crippen LogP contribution in [0.15, 0.2) is 23.7 Å². The molecule has 12 heteroatoms. The fourth-order valence-electron chi connectivity index (χ4n) is 5.75. The first-order valence-electron chi connectivity index (χ1n) is 13.7. The Morgan fingerprint density at radius 2 is 1.77 bits per heavy atom. The van der Waals surface area contributed by atoms with Crippen LogP contribution in [0.25, 0.3) is 10.6 Å². The van der Waals surface area contributed by atoms with Gasteiger partial charge >= 0.3 is 0 Å². The van der Waals surface area contributed by atoms with E-state index in [-0.39, 0.29) is 5.91 Å². The minimum absolute atomic E-state index is 0.269. The van der Waals surface area contributed by atoms with Crippen LogP contribution in [0.5, 0.6) is 0 Å². The molecule has 0 aromatic carbocycles. The van der Waals surface area contributed by atoms with Gasteiger partial charge in [0.1, 0.15) is 16.5 Å². The zero-order valence-electron chi connectivity index (χ0n) is 21.8. The third-order valence-corrected chi connectivity index (χ3v) is 10.4. The highest BCUT2D eigenvalue weighted by atomic mass is 35.5. The molecular weight excluding hydrogens is 573 g/mol. The minimum atomic E-state index is -0.269. The van der Waals surface area contributed by atoms with Gasteiger partial charge in [-0.2, -0.15) is 0 Å². The monoisotopic (exact) mass is 605 g/mol. The highest BCUT2D eigenvalue weighted by Crippen LogP contribution is 2.42. The van der Waals surface area contributed by atoms with Crippen molar-refractivity contribution in [2.24, 2.45) is 0 Å². The number of carbonyl (C=O) groups is 1. The molecule has 3 aromatic rings. The molecule has 8 nitrogen and oxygen atoms in total. The van der Waals surface area contributed by atoms with E-state index >= 15 is 0 Å². The second-order valence-electron chi connectivity index (χ2n) is 10.3. The van der Waals surface area contributed by atoms with Crippen LogP contribution in [0.1, 0.15) is 42.5 Å². The molecule has 5 heterocycles. The predicted octanol–water partition coefficient (Wildman–Crippen LogP) is 5.69. The van der Waals surface area contributed by atoms with Gasteiger partial charge in [-0.25, -0.2) is 9.97 Å². The van der Waals surface area contributed by atoms with Gasteiger partial charge in [0.15, 0.2) is 5.13 Å². The number of hydrogen-bond donors (Lipinski definition) is 2. The van der Waals surface area contributed by atoms with Crippen molar-refractivity contribution >= 4 is 67.7 Å². The number of pyridine rings is 1. The Morgan fingerprint density at radius 1 is 1.00 bits per heavy atom. The van der Waals surface area contributed by atoms with Gasteiger partial charge in [-0.15, -0.1) is 11.3 Å². The summed E-state index contributed by atoms with van der Waals surface area (Å²) in [5, 5.41) is 11.1. The van der Waals surface area contributed by atoms with Crippen LogP contribution in [0, 0.1) is 0 Å². The maximum absolute atomic E-state index is 13.2. The number of hydrogen-bond acceptors (Lipinski definition) is 9. The van der Waals surface area contributed by atoms with Crippen LogP contribution >= 0.6 is 45.9 Å². The van der Waals surface area contributed by atoms with Gasteiger partial charge in [0, 0.05) is 70.0 Å². The number of nitrogens with one attached hydrogen (secondary N) is 2. The number of carbonyl (C=O) groups excluding carboxylic acids is 1. The van der Waals surface area contributed by atoms with Crippen LogP contribution in [0.2, 0.25) is 10.0 Å². The highest BCUT2D eigenvalue weighted by Gasteiger charge is 2.28. The van der Waals surface area contributed by atoms with Crippen LogP contribution in [-0.4, -0.2) is 79.2 Å². The van der Waals surface area contributed by atoms with Gasteiger partial charge in [-0.1, -0.05) is 53.8 Å². The average molecular weight is 607 g/mol. The Labute approximate surface area is 247 Å². The average Bonchev–Trinajstić information content (AvgIpc) is 3.60. The molecule has 1 saturated carbocycles. The van der Waals surface area contributed by atoms with Crippen LogP contribution in [0.4, 0.5) is 16.0 Å². The molecule has 3 aliphatic rings. The summed E-state index contributed by atoms with van der Waals surface area (Å²) in [5.41, 5.74) is 1.29. The SMILES string of the molecule is O=C(Nc1nc(-c2cc(Cl)cs2)c(N2CCN(C3CCCCC3)CC2)s1)c1cnc(N2CCNCC2)c(Cl)c1. The van der Waals surface area contributed by atoms with E-state index in [1.165, 1.54) is 43.4 Å². The summed E-state index contributed by atoms with van der Waals surface area (Å²) in [5.74, 6) is 0.449. The summed E-state index contributed by atoms with van der Waals surface area (Å²) in [6.07, 6.45) is 8.32. The summed E-state index contributed by atoms with van der Waals surface area (Å²) < 4.78 is 0. The number of thiophene rings is 1. The molecule has 0 spiro atoms. The number of piperazine rings is 2. The Kier molecular flexibility index (Phi) is 8.58. The van der Waals surface area contributed by atoms with E-state index in [2.05, 4.69) is 30.3 Å². The van der Waals surface area contributed by atoms with E-state index in [1.54, 1.807) is 23.6 Å². The predicted molar refractivity (Wildman–Crippen MR) is 163 cm³/mol. The van der Waals surface area contributed by atoms with Gasteiger partial charge in [-0.3, -0.25) is 15.0 Å². The van der Waals surface area contributed by atoms with Gasteiger partial charge in [0.2, 0.25) is 0 Å². The van der Waals surface area contributed by atoms with Gasteiger partial charge in [0.25, 0.3) is 5.91 Å². The van der Waals surface area contributed by atoms with Crippen LogP contribution in [-0.2, 0) is 0 Å². The molecule has 3 aromatic heterocycles. The molecule has 0 atom stereocenters. The number of amides is 1. The lowest BCUT2D eigenvalue weighted by Gasteiger charge is -2.41. The van der Waals surface area contributed by atoms with E-state index in [9.17, 15) is 4.79 Å². The smallest absolute Gasteiger partial charge is 0.259 e. The standard InChI is InChI=1S/C27H33Cl2N7OS2/c28-19-15-22(38-17-19)23-26(36-12-10-34(11-13-36)20-4-2-1-3-5-20)39-27(32-23)33-25(37)18-14-21(29)24(31-16-18)35-8-6-30-7-9-35/h14-17,20,30H,1-13H2,(H,32,33,37). The van der Waals surface area contributed by atoms with Crippen molar-refractivity contribution in [2.75, 3.05) is 67.5 Å². The van der Waals surface area contributed by atoms with Crippen molar-refractivity contribution in [1.29, 1.82) is 0 Å². The van der Waals surface area contributed by atoms with E-state index in [1.807, 2.05) is 11.4 Å². The highest BCUT2D eigenvalue weighted by molar-refractivity contribution is 7.21. The molecule has 0 unspecified atom stereocenters. The molecule has 3 fully saturated rings. The Hall–Kier alpha value is -1.95. The third-order valence-electron chi connectivity index (χ3n) is 7.82. The normalized spacial score (nSPS) is 19.4. The summed E-state index contributed by atoms with van der Waals surface area (Å²) in [4.78, 5) is 30.8. The maximum atomic E-state index is 13.2. The number of aromatic nitrogens is 2. The minimum Gasteiger partial charge on any atom is -0.359 e. The number of halogens is 2. The maximum Gasteiger partial charge on any atom is 0.259 e. The van der Waals surface area contributed by atoms with E-state index in [4.69, 9.17) is 28.2 Å². The summed E-state index contributed by atoms with van der Waals surface area (Å²) in [6, 6.07) is 4.37. The van der Waals surface area contributed by atoms with Crippen molar-refractivity contribution in [3.8, 4) is 10.6 Å². The third kappa shape index (κ3) is 6.21. The second-order valence-corrected chi connectivity index (χ2v) is 13.1. The van der Waals surface area contributed by atoms with Gasteiger partial charge < -0.3 is 15.1 Å². The molecule has 1 aliphatic carbocycles. The van der Waals surface area contributed by atoms with E-state index in [0.717, 1.165) is 79.8 Å². The van der Waals surface area contributed by atoms with Crippen molar-refractivity contribution < 1.29 is 4.79 Å². The van der Waals surface area contributed by atoms with Crippen LogP contribution in [0.3, 0.4) is 0 Å². The molecule has 6 rings (SSSR count). The van der Waals surface area contributed by atoms with Crippen molar-refractivity contribution in [2.45, 2.75) is 38.1 Å². The largest absolute Gasteiger partial charge is 0.359 e. The number of anilines is 3. The number of rotatable bonds is 6. The molecule has 2 N–H and O–H groups in total. The first kappa shape index (κ1) is 27.2. The van der Waals surface area contributed by atoms with Gasteiger partial charge in [-0.05, 0) is 25.0 Å². The lowest BCUT2D eigenvalue weighted by molar-refractivity contribution is 0.102. The van der Waals surface area contributed by atoms with Crippen molar-refractivity contribution in [1.82, 2.24) is 20.2 Å². The number of thiazole rings is 1. The zero-order valence-corrected chi connectivity index (χ0v) is 24.9. The summed E-state index contributed by atoms with van der Waals surface area (Å²) >= 11 is 15.9. The van der Waals surface area contributed by atoms with E-state index < -0.39 is 0 Å². The van der Waals surface area contributed by atoms with Crippen molar-refractivity contribution in [3.05, 3.63) is 39.3 Å². The van der Waals surface area contributed by atoms with Gasteiger partial charge in [0.05, 0.1) is 20.5 Å². The quantitative estimate of drug-likeness (QED) is 0.374. The molecule has 0 bridgehead atoms. The summed E-state index contributed by atoms with van der Waals surface area (Å²) in [7, 11) is 0. The molecule has 208 valence electrons. The first-order chi connectivity index (χ1) is 19.0. The topological polar surface area (TPSA) is 76.6 Å². The number of nitrogens with zero attached hydrogens (tertiary/aromatic N) is 5. The molecule has 0 radical (unpaired) electrons. The fourth-order valence-corrected chi connectivity index (χ4v) is 8.19. The van der Waals surface area contributed by atoms with Crippen LogP contribution < -0.4 is 20.4 Å². The van der Waals surface area contributed by atoms with Crippen molar-refractivity contribution in [3.63, 3.8) is 0 Å². The Balaban J connectivity index is 1.19. The lowest BCUT2D eigenvalue weighted by atomic mass is 9.94. The summed E-state index contributed by atoms with van der Waals surface area (Å²) in [6.45, 7) is 7.46. The fraction of sp³-hybridized carbons (Fsp3) is 0.519. The van der Waals surface area contributed by atoms with E-state index in [0.29, 0.717) is 20.7 Å². The molecule has 1 amide bonds. The first-order valence-corrected chi connectivity index (χ1v) is 16.2. The molecule has 39 heavy (non-hydrogen) atoms.